The average molecular weight is 464 g/mol. The third-order valence-corrected chi connectivity index (χ3v) is 7.16. The fourth-order valence-electron chi connectivity index (χ4n) is 4.42. The molecule has 0 radical (unpaired) electrons. The minimum absolute atomic E-state index is 0.0601. The second-order valence-electron chi connectivity index (χ2n) is 9.43. The molecule has 2 N–H and O–H groups in total. The van der Waals surface area contributed by atoms with Crippen molar-refractivity contribution < 1.29 is 19.1 Å². The molecule has 1 saturated heterocycles. The van der Waals surface area contributed by atoms with Gasteiger partial charge in [-0.15, -0.1) is 11.6 Å². The lowest BCUT2D eigenvalue weighted by atomic mass is 9.90. The van der Waals surface area contributed by atoms with E-state index in [-0.39, 0.29) is 35.7 Å². The number of hydrogen-bond donors (Lipinski definition) is 2. The molecule has 176 valence electrons. The SMILES string of the molecule is COc1ccc(C(=O)NC2CCC(NC(=O)[C@H]3CCCN3C(=O)C(C)(C)CCl)CC2)cc1. The van der Waals surface area contributed by atoms with Crippen molar-refractivity contribution in [3.05, 3.63) is 29.8 Å². The van der Waals surface area contributed by atoms with Crippen LogP contribution in [0.4, 0.5) is 0 Å². The second kappa shape index (κ2) is 10.6. The predicted octanol–water partition coefficient (Wildman–Crippen LogP) is 3.11. The van der Waals surface area contributed by atoms with Crippen molar-refractivity contribution in [3.8, 4) is 5.75 Å². The number of halogens is 1. The molecule has 0 spiro atoms. The summed E-state index contributed by atoms with van der Waals surface area (Å²) in [5.41, 5.74) is -0.0722. The van der Waals surface area contributed by atoms with Crippen LogP contribution in [0.25, 0.3) is 0 Å². The summed E-state index contributed by atoms with van der Waals surface area (Å²) in [5, 5.41) is 6.23. The van der Waals surface area contributed by atoms with Crippen molar-refractivity contribution >= 4 is 29.3 Å². The molecule has 0 aromatic heterocycles. The molecule has 0 bridgehead atoms. The van der Waals surface area contributed by atoms with Crippen molar-refractivity contribution in [2.45, 2.75) is 70.5 Å². The lowest BCUT2D eigenvalue weighted by Gasteiger charge is -2.34. The number of hydrogen-bond acceptors (Lipinski definition) is 4. The van der Waals surface area contributed by atoms with Gasteiger partial charge in [0, 0.05) is 30.1 Å². The van der Waals surface area contributed by atoms with Crippen LogP contribution in [0.2, 0.25) is 0 Å². The highest BCUT2D eigenvalue weighted by Gasteiger charge is 2.40. The first-order valence-corrected chi connectivity index (χ1v) is 11.9. The number of carbonyl (C=O) groups excluding carboxylic acids is 3. The molecule has 32 heavy (non-hydrogen) atoms. The summed E-state index contributed by atoms with van der Waals surface area (Å²) >= 11 is 5.97. The van der Waals surface area contributed by atoms with Crippen LogP contribution in [0, 0.1) is 5.41 Å². The maximum absolute atomic E-state index is 12.9. The Hall–Kier alpha value is -2.28. The van der Waals surface area contributed by atoms with Crippen LogP contribution < -0.4 is 15.4 Å². The molecule has 3 amide bonds. The number of nitrogens with one attached hydrogen (secondary N) is 2. The van der Waals surface area contributed by atoms with Crippen molar-refractivity contribution in [1.29, 1.82) is 0 Å². The Morgan fingerprint density at radius 3 is 2.19 bits per heavy atom. The Labute approximate surface area is 195 Å². The maximum atomic E-state index is 12.9. The minimum Gasteiger partial charge on any atom is -0.497 e. The molecule has 2 fully saturated rings. The van der Waals surface area contributed by atoms with E-state index in [2.05, 4.69) is 10.6 Å². The van der Waals surface area contributed by atoms with Crippen LogP contribution in [0.5, 0.6) is 5.75 Å². The molecular weight excluding hydrogens is 430 g/mol. The molecular formula is C24H34ClN3O4. The van der Waals surface area contributed by atoms with Crippen LogP contribution in [0.1, 0.15) is 62.7 Å². The normalized spacial score (nSPS) is 23.5. The number of likely N-dealkylation sites (tertiary alicyclic amines) is 1. The zero-order chi connectivity index (χ0) is 23.3. The molecule has 1 heterocycles. The van der Waals surface area contributed by atoms with E-state index in [1.807, 2.05) is 13.8 Å². The summed E-state index contributed by atoms with van der Waals surface area (Å²) in [7, 11) is 1.59. The quantitative estimate of drug-likeness (QED) is 0.608. The Balaban J connectivity index is 1.47. The van der Waals surface area contributed by atoms with E-state index in [0.717, 1.165) is 32.1 Å². The fourth-order valence-corrected chi connectivity index (χ4v) is 4.53. The van der Waals surface area contributed by atoms with Gasteiger partial charge in [0.1, 0.15) is 11.8 Å². The summed E-state index contributed by atoms with van der Waals surface area (Å²) in [6, 6.07) is 6.78. The number of ether oxygens (including phenoxy) is 1. The van der Waals surface area contributed by atoms with Gasteiger partial charge >= 0.3 is 0 Å². The van der Waals surface area contributed by atoms with Crippen LogP contribution in [0.15, 0.2) is 24.3 Å². The zero-order valence-electron chi connectivity index (χ0n) is 19.2. The number of alkyl halides is 1. The van der Waals surface area contributed by atoms with E-state index in [1.165, 1.54) is 0 Å². The van der Waals surface area contributed by atoms with Gasteiger partial charge in [0.2, 0.25) is 11.8 Å². The summed E-state index contributed by atoms with van der Waals surface area (Å²) < 4.78 is 5.13. The zero-order valence-corrected chi connectivity index (χ0v) is 19.9. The monoisotopic (exact) mass is 463 g/mol. The molecule has 0 unspecified atom stereocenters. The van der Waals surface area contributed by atoms with Gasteiger partial charge in [-0.2, -0.15) is 0 Å². The van der Waals surface area contributed by atoms with Gasteiger partial charge in [-0.3, -0.25) is 14.4 Å². The largest absolute Gasteiger partial charge is 0.497 e. The van der Waals surface area contributed by atoms with Gasteiger partial charge < -0.3 is 20.3 Å². The number of amides is 3. The lowest BCUT2D eigenvalue weighted by Crippen LogP contribution is -2.53. The first-order chi connectivity index (χ1) is 15.2. The van der Waals surface area contributed by atoms with Gasteiger partial charge in [0.15, 0.2) is 0 Å². The molecule has 8 heteroatoms. The predicted molar refractivity (Wildman–Crippen MR) is 124 cm³/mol. The second-order valence-corrected chi connectivity index (χ2v) is 9.70. The number of carbonyl (C=O) groups is 3. The van der Waals surface area contributed by atoms with Gasteiger partial charge in [-0.25, -0.2) is 0 Å². The van der Waals surface area contributed by atoms with Crippen LogP contribution in [-0.2, 0) is 9.59 Å². The van der Waals surface area contributed by atoms with E-state index >= 15 is 0 Å². The molecule has 1 saturated carbocycles. The number of benzene rings is 1. The first-order valence-electron chi connectivity index (χ1n) is 11.4. The third-order valence-electron chi connectivity index (χ3n) is 6.49. The molecule has 3 rings (SSSR count). The standard InChI is InChI=1S/C24H34ClN3O4/c1-24(2,15-25)23(31)28-14-4-5-20(28)22(30)27-18-10-8-17(9-11-18)26-21(29)16-6-12-19(32-3)13-7-16/h6-7,12-13,17-18,20H,4-5,8-11,14-15H2,1-3H3,(H,26,29)(H,27,30)/t17?,18?,20-/m1/s1. The topological polar surface area (TPSA) is 87.7 Å². The Kier molecular flexibility index (Phi) is 8.04. The molecule has 1 aromatic rings. The molecule has 1 aliphatic heterocycles. The number of nitrogens with zero attached hydrogens (tertiary/aromatic N) is 1. The summed E-state index contributed by atoms with van der Waals surface area (Å²) in [6.45, 7) is 4.23. The Bertz CT molecular complexity index is 819. The van der Waals surface area contributed by atoms with Crippen molar-refractivity contribution in [1.82, 2.24) is 15.5 Å². The van der Waals surface area contributed by atoms with Crippen molar-refractivity contribution in [2.24, 2.45) is 5.41 Å². The fraction of sp³-hybridized carbons (Fsp3) is 0.625. The lowest BCUT2D eigenvalue weighted by molar-refractivity contribution is -0.144. The summed E-state index contributed by atoms with van der Waals surface area (Å²) in [4.78, 5) is 39.9. The maximum Gasteiger partial charge on any atom is 0.251 e. The van der Waals surface area contributed by atoms with Gasteiger partial charge in [-0.05, 0) is 76.6 Å². The highest BCUT2D eigenvalue weighted by molar-refractivity contribution is 6.19. The first kappa shape index (κ1) is 24.4. The van der Waals surface area contributed by atoms with E-state index < -0.39 is 11.5 Å². The van der Waals surface area contributed by atoms with Gasteiger partial charge in [-0.1, -0.05) is 0 Å². The van der Waals surface area contributed by atoms with E-state index in [4.69, 9.17) is 16.3 Å². The van der Waals surface area contributed by atoms with Crippen LogP contribution in [-0.4, -0.2) is 60.3 Å². The molecule has 1 aromatic carbocycles. The van der Waals surface area contributed by atoms with Crippen molar-refractivity contribution in [3.63, 3.8) is 0 Å². The van der Waals surface area contributed by atoms with Gasteiger partial charge in [0.05, 0.1) is 12.5 Å². The number of methoxy groups -OCH3 is 1. The van der Waals surface area contributed by atoms with E-state index in [0.29, 0.717) is 24.3 Å². The van der Waals surface area contributed by atoms with E-state index in [1.54, 1.807) is 36.3 Å². The van der Waals surface area contributed by atoms with Crippen LogP contribution >= 0.6 is 11.6 Å². The Morgan fingerprint density at radius 1 is 1.03 bits per heavy atom. The molecule has 2 aliphatic rings. The Morgan fingerprint density at radius 2 is 1.62 bits per heavy atom. The minimum atomic E-state index is -0.676. The molecule has 7 nitrogen and oxygen atoms in total. The highest BCUT2D eigenvalue weighted by atomic mass is 35.5. The van der Waals surface area contributed by atoms with Gasteiger partial charge in [0.25, 0.3) is 5.91 Å². The summed E-state index contributed by atoms with van der Waals surface area (Å²) in [5.74, 6) is 0.707. The van der Waals surface area contributed by atoms with Crippen LogP contribution in [0.3, 0.4) is 0 Å². The number of rotatable bonds is 7. The molecule has 1 atom stereocenters. The molecule has 1 aliphatic carbocycles. The van der Waals surface area contributed by atoms with E-state index in [9.17, 15) is 14.4 Å². The third kappa shape index (κ3) is 5.74. The smallest absolute Gasteiger partial charge is 0.251 e. The summed E-state index contributed by atoms with van der Waals surface area (Å²) in [6.07, 6.45) is 4.72. The highest BCUT2D eigenvalue weighted by Crippen LogP contribution is 2.28. The average Bonchev–Trinajstić information content (AvgIpc) is 3.29. The van der Waals surface area contributed by atoms with Crippen molar-refractivity contribution in [2.75, 3.05) is 19.5 Å².